The zero-order valence-electron chi connectivity index (χ0n) is 15.6. The number of benzene rings is 2. The summed E-state index contributed by atoms with van der Waals surface area (Å²) in [5, 5.41) is 13.9. The second kappa shape index (κ2) is 8.40. The average molecular weight is 382 g/mol. The molecule has 0 saturated carbocycles. The highest BCUT2D eigenvalue weighted by Gasteiger charge is 2.19. The van der Waals surface area contributed by atoms with E-state index in [4.69, 9.17) is 5.73 Å². The molecule has 1 saturated heterocycles. The molecule has 142 valence electrons. The molecule has 2 heterocycles. The Bertz CT molecular complexity index is 872. The summed E-state index contributed by atoms with van der Waals surface area (Å²) in [5.74, 6) is 0. The number of fused-ring (bicyclic) bond motifs is 1. The van der Waals surface area contributed by atoms with Crippen LogP contribution >= 0.6 is 11.3 Å². The lowest BCUT2D eigenvalue weighted by atomic mass is 10.0. The van der Waals surface area contributed by atoms with E-state index in [0.717, 1.165) is 67.0 Å². The van der Waals surface area contributed by atoms with Gasteiger partial charge in [0, 0.05) is 49.7 Å². The molecule has 4 rings (SSSR count). The van der Waals surface area contributed by atoms with Crippen LogP contribution in [-0.2, 0) is 6.54 Å². The van der Waals surface area contributed by atoms with Gasteiger partial charge in [0.15, 0.2) is 0 Å². The van der Waals surface area contributed by atoms with Gasteiger partial charge in [0.2, 0.25) is 0 Å². The second-order valence-electron chi connectivity index (χ2n) is 7.35. The van der Waals surface area contributed by atoms with E-state index in [2.05, 4.69) is 45.5 Å². The molecular formula is C22H27N3OS. The van der Waals surface area contributed by atoms with Crippen LogP contribution in [0.25, 0.3) is 10.1 Å². The predicted octanol–water partition coefficient (Wildman–Crippen LogP) is 3.72. The summed E-state index contributed by atoms with van der Waals surface area (Å²) in [5.41, 5.74) is 9.06. The Labute approximate surface area is 164 Å². The molecule has 0 radical (unpaired) electrons. The number of nitrogens with zero attached hydrogens (tertiary/aromatic N) is 2. The van der Waals surface area contributed by atoms with Crippen LogP contribution in [0.2, 0.25) is 0 Å². The summed E-state index contributed by atoms with van der Waals surface area (Å²) < 4.78 is 1.15. The van der Waals surface area contributed by atoms with Crippen molar-refractivity contribution in [2.45, 2.75) is 19.1 Å². The van der Waals surface area contributed by atoms with Crippen molar-refractivity contribution in [3.05, 3.63) is 65.0 Å². The van der Waals surface area contributed by atoms with Crippen LogP contribution in [0.5, 0.6) is 0 Å². The largest absolute Gasteiger partial charge is 0.399 e. The van der Waals surface area contributed by atoms with Gasteiger partial charge in [-0.2, -0.15) is 0 Å². The predicted molar refractivity (Wildman–Crippen MR) is 114 cm³/mol. The third kappa shape index (κ3) is 4.50. The SMILES string of the molecule is Nc1ccc2c(C(O)CCN3CCN(Cc4ccccc4)CC3)csc2c1. The second-order valence-corrected chi connectivity index (χ2v) is 8.27. The van der Waals surface area contributed by atoms with E-state index in [1.54, 1.807) is 11.3 Å². The molecule has 1 fully saturated rings. The van der Waals surface area contributed by atoms with Gasteiger partial charge in [-0.25, -0.2) is 0 Å². The Hall–Kier alpha value is -1.92. The number of nitrogens with two attached hydrogens (primary N) is 1. The number of piperazine rings is 1. The molecule has 1 atom stereocenters. The van der Waals surface area contributed by atoms with Crippen LogP contribution in [0, 0.1) is 0 Å². The third-order valence-corrected chi connectivity index (χ3v) is 6.38. The standard InChI is InChI=1S/C22H27N3OS/c23-18-6-7-19-20(16-27-22(19)14-18)21(26)8-9-24-10-12-25(13-11-24)15-17-4-2-1-3-5-17/h1-7,14,16,21,26H,8-13,15,23H2. The highest BCUT2D eigenvalue weighted by Crippen LogP contribution is 2.33. The van der Waals surface area contributed by atoms with E-state index in [1.807, 2.05) is 18.2 Å². The molecule has 4 nitrogen and oxygen atoms in total. The first kappa shape index (κ1) is 18.4. The van der Waals surface area contributed by atoms with Crippen molar-refractivity contribution in [1.29, 1.82) is 0 Å². The van der Waals surface area contributed by atoms with Crippen LogP contribution < -0.4 is 5.73 Å². The average Bonchev–Trinajstić information content (AvgIpc) is 3.11. The summed E-state index contributed by atoms with van der Waals surface area (Å²) in [6.07, 6.45) is 0.360. The van der Waals surface area contributed by atoms with Gasteiger partial charge in [0.05, 0.1) is 6.10 Å². The topological polar surface area (TPSA) is 52.7 Å². The third-order valence-electron chi connectivity index (χ3n) is 5.42. The minimum Gasteiger partial charge on any atom is -0.399 e. The van der Waals surface area contributed by atoms with Crippen LogP contribution in [0.1, 0.15) is 23.7 Å². The highest BCUT2D eigenvalue weighted by atomic mass is 32.1. The molecule has 1 unspecified atom stereocenters. The number of thiophene rings is 1. The van der Waals surface area contributed by atoms with Crippen LogP contribution in [0.3, 0.4) is 0 Å². The van der Waals surface area contributed by atoms with Crippen molar-refractivity contribution >= 4 is 27.1 Å². The van der Waals surface area contributed by atoms with Gasteiger partial charge in [0.25, 0.3) is 0 Å². The molecule has 0 aliphatic carbocycles. The quantitative estimate of drug-likeness (QED) is 0.639. The van der Waals surface area contributed by atoms with Gasteiger partial charge >= 0.3 is 0 Å². The molecule has 1 aromatic heterocycles. The normalized spacial score (nSPS) is 17.4. The fourth-order valence-electron chi connectivity index (χ4n) is 3.80. The summed E-state index contributed by atoms with van der Waals surface area (Å²) in [6, 6.07) is 16.6. The van der Waals surface area contributed by atoms with E-state index in [9.17, 15) is 5.11 Å². The van der Waals surface area contributed by atoms with Crippen molar-refractivity contribution in [1.82, 2.24) is 9.80 Å². The number of hydrogen-bond acceptors (Lipinski definition) is 5. The number of hydrogen-bond donors (Lipinski definition) is 2. The number of nitrogen functional groups attached to an aromatic ring is 1. The maximum absolute atomic E-state index is 10.7. The smallest absolute Gasteiger partial charge is 0.0816 e. The van der Waals surface area contributed by atoms with E-state index in [1.165, 1.54) is 5.56 Å². The first-order chi connectivity index (χ1) is 13.2. The Balaban J connectivity index is 1.27. The molecule has 5 heteroatoms. The van der Waals surface area contributed by atoms with Crippen molar-refractivity contribution in [3.63, 3.8) is 0 Å². The lowest BCUT2D eigenvalue weighted by Gasteiger charge is -2.35. The molecule has 0 bridgehead atoms. The highest BCUT2D eigenvalue weighted by molar-refractivity contribution is 7.17. The molecule has 0 spiro atoms. The van der Waals surface area contributed by atoms with Gasteiger partial charge in [-0.05, 0) is 40.4 Å². The number of aliphatic hydroxyl groups excluding tert-OH is 1. The molecular weight excluding hydrogens is 354 g/mol. The van der Waals surface area contributed by atoms with Crippen LogP contribution in [0.4, 0.5) is 5.69 Å². The van der Waals surface area contributed by atoms with Crippen molar-refractivity contribution in [2.75, 3.05) is 38.5 Å². The summed E-state index contributed by atoms with van der Waals surface area (Å²) >= 11 is 1.66. The van der Waals surface area contributed by atoms with Gasteiger partial charge < -0.3 is 15.7 Å². The van der Waals surface area contributed by atoms with Crippen LogP contribution in [-0.4, -0.2) is 47.6 Å². The molecule has 3 N–H and O–H groups in total. The minimum atomic E-state index is -0.412. The van der Waals surface area contributed by atoms with Gasteiger partial charge in [-0.3, -0.25) is 4.90 Å². The zero-order chi connectivity index (χ0) is 18.6. The van der Waals surface area contributed by atoms with Gasteiger partial charge in [0.1, 0.15) is 0 Å². The molecule has 3 aromatic rings. The van der Waals surface area contributed by atoms with E-state index < -0.39 is 6.10 Å². The lowest BCUT2D eigenvalue weighted by molar-refractivity contribution is 0.0999. The maximum atomic E-state index is 10.7. The molecule has 1 aliphatic heterocycles. The Morgan fingerprint density at radius 3 is 2.52 bits per heavy atom. The van der Waals surface area contributed by atoms with Crippen molar-refractivity contribution < 1.29 is 5.11 Å². The van der Waals surface area contributed by atoms with Crippen molar-refractivity contribution in [3.8, 4) is 0 Å². The van der Waals surface area contributed by atoms with Gasteiger partial charge in [-0.15, -0.1) is 11.3 Å². The first-order valence-electron chi connectivity index (χ1n) is 9.62. The molecule has 1 aliphatic rings. The number of rotatable bonds is 6. The maximum Gasteiger partial charge on any atom is 0.0816 e. The summed E-state index contributed by atoms with van der Waals surface area (Å²) in [4.78, 5) is 4.98. The summed E-state index contributed by atoms with van der Waals surface area (Å²) in [6.45, 7) is 6.28. The minimum absolute atomic E-state index is 0.412. The molecule has 27 heavy (non-hydrogen) atoms. The van der Waals surface area contributed by atoms with E-state index >= 15 is 0 Å². The zero-order valence-corrected chi connectivity index (χ0v) is 16.4. The Morgan fingerprint density at radius 2 is 1.74 bits per heavy atom. The Morgan fingerprint density at radius 1 is 1.00 bits per heavy atom. The summed E-state index contributed by atoms with van der Waals surface area (Å²) in [7, 11) is 0. The van der Waals surface area contributed by atoms with Crippen molar-refractivity contribution in [2.24, 2.45) is 0 Å². The number of aliphatic hydroxyl groups is 1. The lowest BCUT2D eigenvalue weighted by Crippen LogP contribution is -2.46. The monoisotopic (exact) mass is 381 g/mol. The molecule has 2 aromatic carbocycles. The fraction of sp³-hybridized carbons (Fsp3) is 0.364. The van der Waals surface area contributed by atoms with Gasteiger partial charge in [-0.1, -0.05) is 36.4 Å². The molecule has 0 amide bonds. The van der Waals surface area contributed by atoms with E-state index in [0.29, 0.717) is 0 Å². The van der Waals surface area contributed by atoms with E-state index in [-0.39, 0.29) is 0 Å². The Kier molecular flexibility index (Phi) is 5.74. The first-order valence-corrected chi connectivity index (χ1v) is 10.5. The fourth-order valence-corrected chi connectivity index (χ4v) is 4.85. The van der Waals surface area contributed by atoms with Crippen LogP contribution in [0.15, 0.2) is 53.9 Å². The number of anilines is 1.